The summed E-state index contributed by atoms with van der Waals surface area (Å²) in [7, 11) is 0. The average molecular weight is 349 g/mol. The summed E-state index contributed by atoms with van der Waals surface area (Å²) in [5, 5.41) is 3.53. The first kappa shape index (κ1) is 18.6. The van der Waals surface area contributed by atoms with E-state index in [1.807, 2.05) is 0 Å². The summed E-state index contributed by atoms with van der Waals surface area (Å²) in [5.74, 6) is 2.39. The molecule has 0 N–H and O–H groups in total. The van der Waals surface area contributed by atoms with Crippen molar-refractivity contribution in [3.63, 3.8) is 0 Å². The molecule has 18 heavy (non-hydrogen) atoms. The fourth-order valence-electron chi connectivity index (χ4n) is 2.92. The van der Waals surface area contributed by atoms with Crippen LogP contribution < -0.4 is 0 Å². The first-order valence-corrected chi connectivity index (χ1v) is 15.6. The molecule has 0 rings (SSSR count). The molecule has 1 nitrogen and oxygen atoms in total. The van der Waals surface area contributed by atoms with E-state index in [4.69, 9.17) is 11.8 Å². The van der Waals surface area contributed by atoms with Gasteiger partial charge in [-0.2, -0.15) is 0 Å². The zero-order chi connectivity index (χ0) is 14.6. The summed E-state index contributed by atoms with van der Waals surface area (Å²) >= 11 is 3.83. The summed E-state index contributed by atoms with van der Waals surface area (Å²) in [6.45, 7) is 15.6. The van der Waals surface area contributed by atoms with Gasteiger partial charge in [0.2, 0.25) is 0 Å². The van der Waals surface area contributed by atoms with Gasteiger partial charge in [0.15, 0.2) is 0 Å². The van der Waals surface area contributed by atoms with Crippen LogP contribution in [0.1, 0.15) is 48.5 Å². The molecule has 0 bridgehead atoms. The van der Waals surface area contributed by atoms with Crippen LogP contribution in [0.25, 0.3) is 0 Å². The standard InChI is InChI=1S/C14H29GeOPS/c1-8-15(9-2,10-3)14(11-16)17(18,12(4)5)13(6)7/h12-13H,8-10H2,1-7H3. The summed E-state index contributed by atoms with van der Waals surface area (Å²) in [6, 6.07) is -1.73. The van der Waals surface area contributed by atoms with Crippen LogP contribution in [0, 0.1) is 0 Å². The topological polar surface area (TPSA) is 17.1 Å². The Morgan fingerprint density at radius 3 is 1.56 bits per heavy atom. The van der Waals surface area contributed by atoms with Crippen molar-refractivity contribution in [2.24, 2.45) is 0 Å². The second-order valence-electron chi connectivity index (χ2n) is 5.69. The summed E-state index contributed by atoms with van der Waals surface area (Å²) in [5.41, 5.74) is 0.859. The van der Waals surface area contributed by atoms with Crippen molar-refractivity contribution in [1.82, 2.24) is 0 Å². The van der Waals surface area contributed by atoms with Crippen LogP contribution in [-0.2, 0) is 16.6 Å². The minimum absolute atomic E-state index is 0.429. The summed E-state index contributed by atoms with van der Waals surface area (Å²) in [4.78, 5) is 11.7. The number of carbonyl (C=O) groups excluding carboxylic acids is 1. The molecule has 0 radical (unpaired) electrons. The first-order valence-electron chi connectivity index (χ1n) is 7.12. The van der Waals surface area contributed by atoms with Crippen LogP contribution in [0.3, 0.4) is 0 Å². The Labute approximate surface area is 121 Å². The molecule has 0 aliphatic carbocycles. The molecule has 0 atom stereocenters. The molecule has 0 aliphatic rings. The molecular formula is C14H29GeOPS. The van der Waals surface area contributed by atoms with E-state index < -0.39 is 19.3 Å². The molecule has 0 saturated heterocycles. The quantitative estimate of drug-likeness (QED) is 0.364. The average Bonchev–Trinajstić information content (AvgIpc) is 2.34. The second-order valence-corrected chi connectivity index (χ2v) is 23.2. The fraction of sp³-hybridized carbons (Fsp3) is 0.857. The van der Waals surface area contributed by atoms with Gasteiger partial charge < -0.3 is 0 Å². The van der Waals surface area contributed by atoms with Gasteiger partial charge in [0, 0.05) is 0 Å². The van der Waals surface area contributed by atoms with Crippen LogP contribution >= 0.6 is 6.04 Å². The molecule has 0 aromatic heterocycles. The molecule has 106 valence electrons. The summed E-state index contributed by atoms with van der Waals surface area (Å²) < 4.78 is 1.13. The maximum atomic E-state index is 11.7. The van der Waals surface area contributed by atoms with Crippen LogP contribution in [0.15, 0.2) is 4.15 Å². The molecular weight excluding hydrogens is 320 g/mol. The van der Waals surface area contributed by atoms with Crippen molar-refractivity contribution in [2.75, 3.05) is 0 Å². The van der Waals surface area contributed by atoms with Gasteiger partial charge in [-0.1, -0.05) is 0 Å². The van der Waals surface area contributed by atoms with Crippen molar-refractivity contribution in [3.8, 4) is 0 Å². The van der Waals surface area contributed by atoms with E-state index in [0.29, 0.717) is 11.3 Å². The Balaban J connectivity index is 6.00. The molecule has 0 aromatic carbocycles. The fourth-order valence-corrected chi connectivity index (χ4v) is 25.2. The van der Waals surface area contributed by atoms with Crippen LogP contribution in [0.2, 0.25) is 15.8 Å². The molecule has 0 unspecified atom stereocenters. The van der Waals surface area contributed by atoms with E-state index in [9.17, 15) is 4.79 Å². The van der Waals surface area contributed by atoms with Gasteiger partial charge in [0.05, 0.1) is 0 Å². The summed E-state index contributed by atoms with van der Waals surface area (Å²) in [6.07, 6.45) is 0. The predicted octanol–water partition coefficient (Wildman–Crippen LogP) is 5.05. The van der Waals surface area contributed by atoms with E-state index in [2.05, 4.69) is 54.4 Å². The molecule has 0 saturated carbocycles. The molecule has 0 spiro atoms. The third kappa shape index (κ3) is 3.21. The van der Waals surface area contributed by atoms with Gasteiger partial charge in [0.1, 0.15) is 0 Å². The molecule has 0 heterocycles. The van der Waals surface area contributed by atoms with Gasteiger partial charge >= 0.3 is 122 Å². The van der Waals surface area contributed by atoms with E-state index in [0.717, 1.165) is 4.15 Å². The van der Waals surface area contributed by atoms with Crippen molar-refractivity contribution in [2.45, 2.75) is 75.5 Å². The van der Waals surface area contributed by atoms with Gasteiger partial charge in [0.25, 0.3) is 0 Å². The molecule has 0 fully saturated rings. The molecule has 4 heteroatoms. The van der Waals surface area contributed by atoms with Crippen LogP contribution in [0.4, 0.5) is 0 Å². The van der Waals surface area contributed by atoms with Gasteiger partial charge in [-0.05, 0) is 0 Å². The van der Waals surface area contributed by atoms with Gasteiger partial charge in [-0.25, -0.2) is 0 Å². The van der Waals surface area contributed by atoms with Gasteiger partial charge in [-0.3, -0.25) is 0 Å². The molecule has 0 amide bonds. The van der Waals surface area contributed by atoms with Crippen molar-refractivity contribution < 1.29 is 4.79 Å². The Morgan fingerprint density at radius 2 is 1.39 bits per heavy atom. The predicted molar refractivity (Wildman–Crippen MR) is 91.0 cm³/mol. The number of hydrogen-bond acceptors (Lipinski definition) is 2. The molecule has 0 aliphatic heterocycles. The maximum absolute atomic E-state index is 11.7. The van der Waals surface area contributed by atoms with Crippen molar-refractivity contribution in [1.29, 1.82) is 0 Å². The molecule has 0 aromatic rings. The van der Waals surface area contributed by atoms with E-state index in [-0.39, 0.29) is 0 Å². The zero-order valence-electron chi connectivity index (χ0n) is 13.0. The van der Waals surface area contributed by atoms with Crippen molar-refractivity contribution in [3.05, 3.63) is 4.15 Å². The number of hydrogen-bond donors (Lipinski definition) is 0. The minimum atomic E-state index is -2.25. The van der Waals surface area contributed by atoms with E-state index >= 15 is 0 Å². The monoisotopic (exact) mass is 350 g/mol. The Kier molecular flexibility index (Phi) is 7.70. The van der Waals surface area contributed by atoms with E-state index in [1.165, 1.54) is 15.8 Å². The van der Waals surface area contributed by atoms with Gasteiger partial charge in [-0.15, -0.1) is 0 Å². The van der Waals surface area contributed by atoms with Crippen LogP contribution in [-0.4, -0.2) is 30.5 Å². The van der Waals surface area contributed by atoms with Crippen molar-refractivity contribution >= 4 is 37.1 Å². The number of rotatable bonds is 7. The third-order valence-corrected chi connectivity index (χ3v) is 28.1. The normalized spacial score (nSPS) is 12.9. The SMILES string of the molecule is C[CH2][Ge]([CH2]C)([CH2]C)[C](=C=O)P(=S)(C(C)C)C(C)C. The van der Waals surface area contributed by atoms with E-state index in [1.54, 1.807) is 0 Å². The second kappa shape index (κ2) is 7.43. The third-order valence-electron chi connectivity index (χ3n) is 4.51. The Hall–Kier alpha value is 0.643. The zero-order valence-corrected chi connectivity index (χ0v) is 16.8. The van der Waals surface area contributed by atoms with Crippen LogP contribution in [0.5, 0.6) is 0 Å². The Bertz CT molecular complexity index is 346. The Morgan fingerprint density at radius 1 is 1.06 bits per heavy atom. The first-order chi connectivity index (χ1) is 8.26.